The van der Waals surface area contributed by atoms with Crippen LogP contribution in [0.4, 0.5) is 0 Å². The molecule has 0 aromatic heterocycles. The fourth-order valence-corrected chi connectivity index (χ4v) is 2.94. The largest absolute Gasteiger partial charge is 0.443 e. The highest BCUT2D eigenvalue weighted by Gasteiger charge is 2.45. The molecule has 1 aliphatic heterocycles. The number of benzene rings is 2. The first kappa shape index (κ1) is 14.8. The van der Waals surface area contributed by atoms with Gasteiger partial charge in [-0.05, 0) is 28.1 Å². The average Bonchev–Trinajstić information content (AvgIpc) is 2.88. The molecule has 2 aromatic rings. The molecule has 1 heterocycles. The molecule has 1 amide bonds. The van der Waals surface area contributed by atoms with E-state index in [0.717, 1.165) is 15.6 Å². The zero-order valence-corrected chi connectivity index (χ0v) is 13.9. The van der Waals surface area contributed by atoms with E-state index in [0.29, 0.717) is 5.90 Å². The minimum atomic E-state index is -0.947. The highest BCUT2D eigenvalue weighted by Crippen LogP contribution is 2.37. The van der Waals surface area contributed by atoms with Gasteiger partial charge in [0.05, 0.1) is 5.56 Å². The molecule has 0 bridgehead atoms. The first-order valence-corrected chi connectivity index (χ1v) is 7.70. The molecule has 5 heteroatoms. The third-order valence-corrected chi connectivity index (χ3v) is 4.29. The highest BCUT2D eigenvalue weighted by molar-refractivity contribution is 9.10. The maximum atomic E-state index is 12.0. The number of carbonyl (C=O) groups is 1. The number of rotatable bonds is 2. The molecule has 0 aliphatic carbocycles. The Labute approximate surface area is 137 Å². The Hall–Kier alpha value is -2.14. The van der Waals surface area contributed by atoms with Gasteiger partial charge in [-0.1, -0.05) is 42.5 Å². The van der Waals surface area contributed by atoms with Crippen LogP contribution in [0, 0.1) is 0 Å². The molecule has 0 saturated carbocycles. The molecular weight excluding hydrogens is 344 g/mol. The zero-order chi connectivity index (χ0) is 15.7. The van der Waals surface area contributed by atoms with Crippen molar-refractivity contribution in [3.8, 4) is 0 Å². The van der Waals surface area contributed by atoms with E-state index in [1.807, 2.05) is 61.5 Å². The van der Waals surface area contributed by atoms with E-state index in [1.54, 1.807) is 0 Å². The lowest BCUT2D eigenvalue weighted by Gasteiger charge is -2.31. The molecule has 2 aromatic carbocycles. The number of hydrogen-bond acceptors (Lipinski definition) is 3. The average molecular weight is 359 g/mol. The monoisotopic (exact) mass is 358 g/mol. The molecule has 1 atom stereocenters. The van der Waals surface area contributed by atoms with Crippen molar-refractivity contribution in [1.29, 1.82) is 0 Å². The summed E-state index contributed by atoms with van der Waals surface area (Å²) in [5, 5.41) is 5.78. The molecule has 0 radical (unpaired) electrons. The van der Waals surface area contributed by atoms with Crippen LogP contribution >= 0.6 is 15.9 Å². The lowest BCUT2D eigenvalue weighted by atomic mass is 10.0. The highest BCUT2D eigenvalue weighted by atomic mass is 79.9. The second-order valence-electron chi connectivity index (χ2n) is 5.17. The number of hydrazone groups is 1. The molecule has 3 rings (SSSR count). The van der Waals surface area contributed by atoms with Crippen LogP contribution in [0.15, 0.2) is 64.2 Å². The Morgan fingerprint density at radius 3 is 2.41 bits per heavy atom. The van der Waals surface area contributed by atoms with E-state index in [1.165, 1.54) is 11.9 Å². The lowest BCUT2D eigenvalue weighted by molar-refractivity contribution is -0.146. The number of ether oxygens (including phenoxy) is 1. The second-order valence-corrected chi connectivity index (χ2v) is 6.02. The summed E-state index contributed by atoms with van der Waals surface area (Å²) in [5.41, 5.74) is 0.738. The van der Waals surface area contributed by atoms with Gasteiger partial charge in [-0.25, -0.2) is 0 Å². The molecule has 22 heavy (non-hydrogen) atoms. The fourth-order valence-electron chi connectivity index (χ4n) is 2.48. The number of carbonyl (C=O) groups excluding carboxylic acids is 1. The minimum Gasteiger partial charge on any atom is -0.443 e. The van der Waals surface area contributed by atoms with Crippen molar-refractivity contribution in [3.63, 3.8) is 0 Å². The van der Waals surface area contributed by atoms with Crippen molar-refractivity contribution < 1.29 is 9.53 Å². The number of nitrogens with zero attached hydrogens (tertiary/aromatic N) is 2. The Balaban J connectivity index is 2.06. The second kappa shape index (κ2) is 5.57. The van der Waals surface area contributed by atoms with Crippen LogP contribution in [0.25, 0.3) is 0 Å². The van der Waals surface area contributed by atoms with E-state index in [9.17, 15) is 4.79 Å². The van der Waals surface area contributed by atoms with Crippen LogP contribution in [-0.4, -0.2) is 16.8 Å². The first-order chi connectivity index (χ1) is 10.5. The van der Waals surface area contributed by atoms with Crippen LogP contribution < -0.4 is 0 Å². The number of amides is 1. The maximum absolute atomic E-state index is 12.0. The van der Waals surface area contributed by atoms with Crippen LogP contribution in [0.3, 0.4) is 0 Å². The van der Waals surface area contributed by atoms with Gasteiger partial charge in [-0.15, -0.1) is 5.10 Å². The van der Waals surface area contributed by atoms with Crippen molar-refractivity contribution in [2.45, 2.75) is 19.6 Å². The van der Waals surface area contributed by atoms with E-state index in [4.69, 9.17) is 4.74 Å². The molecule has 112 valence electrons. The summed E-state index contributed by atoms with van der Waals surface area (Å²) in [6.07, 6.45) is 0. The SMILES string of the molecule is CC(=O)N1N=C(c2ccccc2Br)O[C@]1(C)c1ccccc1. The van der Waals surface area contributed by atoms with Crippen molar-refractivity contribution >= 4 is 27.7 Å². The summed E-state index contributed by atoms with van der Waals surface area (Å²) in [5.74, 6) is 0.252. The Morgan fingerprint density at radius 1 is 1.14 bits per heavy atom. The van der Waals surface area contributed by atoms with Gasteiger partial charge >= 0.3 is 0 Å². The normalized spacial score (nSPS) is 20.5. The van der Waals surface area contributed by atoms with Crippen LogP contribution in [0.5, 0.6) is 0 Å². The third kappa shape index (κ3) is 2.41. The summed E-state index contributed by atoms with van der Waals surface area (Å²) in [7, 11) is 0. The van der Waals surface area contributed by atoms with Crippen LogP contribution in [-0.2, 0) is 15.3 Å². The third-order valence-electron chi connectivity index (χ3n) is 3.60. The predicted octanol–water partition coefficient (Wildman–Crippen LogP) is 3.86. The van der Waals surface area contributed by atoms with Crippen molar-refractivity contribution in [3.05, 3.63) is 70.2 Å². The predicted molar refractivity (Wildman–Crippen MR) is 88.1 cm³/mol. The quantitative estimate of drug-likeness (QED) is 0.817. The molecule has 0 spiro atoms. The number of hydrogen-bond donors (Lipinski definition) is 0. The lowest BCUT2D eigenvalue weighted by Crippen LogP contribution is -2.41. The van der Waals surface area contributed by atoms with Crippen molar-refractivity contribution in [2.75, 3.05) is 0 Å². The number of halogens is 1. The summed E-state index contributed by atoms with van der Waals surface area (Å²) in [6, 6.07) is 17.2. The zero-order valence-electron chi connectivity index (χ0n) is 12.3. The van der Waals surface area contributed by atoms with Crippen molar-refractivity contribution in [2.24, 2.45) is 5.10 Å². The summed E-state index contributed by atoms with van der Waals surface area (Å²) >= 11 is 3.49. The van der Waals surface area contributed by atoms with Gasteiger partial charge in [-0.3, -0.25) is 4.79 Å². The van der Waals surface area contributed by atoms with E-state index >= 15 is 0 Å². The van der Waals surface area contributed by atoms with Gasteiger partial charge in [0.25, 0.3) is 0 Å². The summed E-state index contributed by atoms with van der Waals surface area (Å²) in [4.78, 5) is 12.0. The van der Waals surface area contributed by atoms with Gasteiger partial charge in [0.15, 0.2) is 0 Å². The van der Waals surface area contributed by atoms with Crippen LogP contribution in [0.2, 0.25) is 0 Å². The van der Waals surface area contributed by atoms with Gasteiger partial charge in [0.1, 0.15) is 0 Å². The van der Waals surface area contributed by atoms with Gasteiger partial charge in [-0.2, -0.15) is 5.01 Å². The van der Waals surface area contributed by atoms with E-state index in [2.05, 4.69) is 21.0 Å². The molecule has 0 saturated heterocycles. The Bertz CT molecular complexity index is 745. The molecule has 1 aliphatic rings. The standard InChI is InChI=1S/C17H15BrN2O2/c1-12(21)20-17(2,13-8-4-3-5-9-13)22-16(19-20)14-10-6-7-11-15(14)18/h3-11H,1-2H3/t17-/m1/s1. The Kier molecular flexibility index (Phi) is 3.74. The van der Waals surface area contributed by atoms with E-state index < -0.39 is 5.72 Å². The summed E-state index contributed by atoms with van der Waals surface area (Å²) < 4.78 is 6.97. The minimum absolute atomic E-state index is 0.173. The molecule has 0 fully saturated rings. The van der Waals surface area contributed by atoms with Crippen molar-refractivity contribution in [1.82, 2.24) is 5.01 Å². The smallest absolute Gasteiger partial charge is 0.243 e. The first-order valence-electron chi connectivity index (χ1n) is 6.91. The molecule has 4 nitrogen and oxygen atoms in total. The van der Waals surface area contributed by atoms with Gasteiger partial charge in [0.2, 0.25) is 17.5 Å². The van der Waals surface area contributed by atoms with Crippen LogP contribution in [0.1, 0.15) is 25.0 Å². The van der Waals surface area contributed by atoms with Gasteiger partial charge < -0.3 is 4.74 Å². The molecule has 0 unspecified atom stereocenters. The molecule has 0 N–H and O–H groups in total. The van der Waals surface area contributed by atoms with Gasteiger partial charge in [0, 0.05) is 23.9 Å². The fraction of sp³-hybridized carbons (Fsp3) is 0.176. The summed E-state index contributed by atoms with van der Waals surface area (Å²) in [6.45, 7) is 3.33. The molecular formula is C17H15BrN2O2. The topological polar surface area (TPSA) is 41.9 Å². The maximum Gasteiger partial charge on any atom is 0.243 e. The van der Waals surface area contributed by atoms with E-state index in [-0.39, 0.29) is 5.91 Å². The Morgan fingerprint density at radius 2 is 1.77 bits per heavy atom.